The number of hydrogen-bond acceptors (Lipinski definition) is 3. The highest BCUT2D eigenvalue weighted by Crippen LogP contribution is 2.29. The molecular formula is C25H24FN3O3. The molecule has 0 radical (unpaired) electrons. The van der Waals surface area contributed by atoms with Gasteiger partial charge in [-0.3, -0.25) is 14.4 Å². The molecule has 32 heavy (non-hydrogen) atoms. The van der Waals surface area contributed by atoms with E-state index in [2.05, 4.69) is 0 Å². The third-order valence-corrected chi connectivity index (χ3v) is 6.48. The molecule has 2 aromatic carbocycles. The van der Waals surface area contributed by atoms with Crippen molar-refractivity contribution in [3.05, 3.63) is 71.4 Å². The largest absolute Gasteiger partial charge is 0.337 e. The molecule has 2 atom stereocenters. The lowest BCUT2D eigenvalue weighted by atomic mass is 10.1. The first-order valence-electron chi connectivity index (χ1n) is 10.8. The summed E-state index contributed by atoms with van der Waals surface area (Å²) in [5, 5.41) is 0.778. The van der Waals surface area contributed by atoms with E-state index in [1.807, 2.05) is 48.5 Å². The number of fused-ring (bicyclic) bond motifs is 2. The maximum absolute atomic E-state index is 14.4. The molecule has 2 unspecified atom stereocenters. The average molecular weight is 433 g/mol. The molecular weight excluding hydrogens is 409 g/mol. The fourth-order valence-corrected chi connectivity index (χ4v) is 4.89. The van der Waals surface area contributed by atoms with Crippen molar-refractivity contribution in [1.29, 1.82) is 0 Å². The van der Waals surface area contributed by atoms with Crippen LogP contribution in [-0.2, 0) is 29.2 Å². The van der Waals surface area contributed by atoms with Crippen molar-refractivity contribution in [2.24, 2.45) is 0 Å². The molecule has 164 valence electrons. The second-order valence-electron chi connectivity index (χ2n) is 8.60. The van der Waals surface area contributed by atoms with Gasteiger partial charge in [-0.05, 0) is 24.1 Å². The highest BCUT2D eigenvalue weighted by molar-refractivity contribution is 6.07. The van der Waals surface area contributed by atoms with E-state index < -0.39 is 12.2 Å². The molecule has 1 saturated heterocycles. The molecule has 2 amide bonds. The quantitative estimate of drug-likeness (QED) is 0.593. The van der Waals surface area contributed by atoms with Gasteiger partial charge < -0.3 is 14.4 Å². The lowest BCUT2D eigenvalue weighted by molar-refractivity contribution is -0.144. The minimum absolute atomic E-state index is 0.0164. The van der Waals surface area contributed by atoms with Gasteiger partial charge in [0.1, 0.15) is 18.8 Å². The van der Waals surface area contributed by atoms with E-state index in [1.165, 1.54) is 11.8 Å². The second kappa shape index (κ2) is 7.89. The number of amides is 2. The van der Waals surface area contributed by atoms with Gasteiger partial charge in [-0.2, -0.15) is 0 Å². The monoisotopic (exact) mass is 433 g/mol. The van der Waals surface area contributed by atoms with Crippen molar-refractivity contribution in [3.8, 4) is 0 Å². The molecule has 0 aliphatic carbocycles. The first kappa shape index (κ1) is 20.4. The SMILES string of the molecule is CC(=O)c1cn(CC(=O)N2CC(F)CC2C(=O)N2Cc3ccccc3C2)c2ccccc12. The number of Topliss-reactive ketones (excluding diaryl/α,β-unsaturated/α-hetero) is 1. The molecule has 3 heterocycles. The Labute approximate surface area is 185 Å². The number of para-hydroxylation sites is 1. The van der Waals surface area contributed by atoms with E-state index in [4.69, 9.17) is 0 Å². The Morgan fingerprint density at radius 3 is 2.34 bits per heavy atom. The summed E-state index contributed by atoms with van der Waals surface area (Å²) in [6.45, 7) is 2.31. The van der Waals surface area contributed by atoms with E-state index in [0.717, 1.165) is 22.0 Å². The van der Waals surface area contributed by atoms with Crippen molar-refractivity contribution < 1.29 is 18.8 Å². The van der Waals surface area contributed by atoms with Crippen LogP contribution in [0, 0.1) is 0 Å². The summed E-state index contributed by atoms with van der Waals surface area (Å²) >= 11 is 0. The van der Waals surface area contributed by atoms with E-state index in [0.29, 0.717) is 18.7 Å². The van der Waals surface area contributed by atoms with Crippen molar-refractivity contribution in [2.75, 3.05) is 6.54 Å². The Balaban J connectivity index is 1.37. The molecule has 2 aliphatic heterocycles. The number of aromatic nitrogens is 1. The number of hydrogen-bond donors (Lipinski definition) is 0. The number of benzene rings is 2. The summed E-state index contributed by atoms with van der Waals surface area (Å²) in [5.41, 5.74) is 3.48. The molecule has 5 rings (SSSR count). The summed E-state index contributed by atoms with van der Waals surface area (Å²) in [7, 11) is 0. The molecule has 0 saturated carbocycles. The smallest absolute Gasteiger partial charge is 0.246 e. The molecule has 3 aromatic rings. The second-order valence-corrected chi connectivity index (χ2v) is 8.60. The number of carbonyl (C=O) groups excluding carboxylic acids is 3. The molecule has 0 spiro atoms. The zero-order chi connectivity index (χ0) is 22.4. The fraction of sp³-hybridized carbons (Fsp3) is 0.320. The summed E-state index contributed by atoms with van der Waals surface area (Å²) < 4.78 is 16.1. The first-order valence-corrected chi connectivity index (χ1v) is 10.8. The van der Waals surface area contributed by atoms with Gasteiger partial charge in [0.15, 0.2) is 5.78 Å². The fourth-order valence-electron chi connectivity index (χ4n) is 4.89. The summed E-state index contributed by atoms with van der Waals surface area (Å²) in [6.07, 6.45) is 0.455. The minimum Gasteiger partial charge on any atom is -0.337 e. The van der Waals surface area contributed by atoms with Gasteiger partial charge in [-0.25, -0.2) is 4.39 Å². The topological polar surface area (TPSA) is 62.6 Å². The van der Waals surface area contributed by atoms with Crippen LogP contribution in [0.3, 0.4) is 0 Å². The van der Waals surface area contributed by atoms with Gasteiger partial charge >= 0.3 is 0 Å². The molecule has 6 nitrogen and oxygen atoms in total. The molecule has 0 bridgehead atoms. The van der Waals surface area contributed by atoms with Crippen molar-refractivity contribution in [1.82, 2.24) is 14.4 Å². The van der Waals surface area contributed by atoms with E-state index >= 15 is 0 Å². The lowest BCUT2D eigenvalue weighted by Crippen LogP contribution is -2.47. The van der Waals surface area contributed by atoms with Crippen LogP contribution in [0.1, 0.15) is 34.8 Å². The number of carbonyl (C=O) groups is 3. The first-order chi connectivity index (χ1) is 15.4. The Kier molecular flexibility index (Phi) is 5.04. The number of halogens is 1. The van der Waals surface area contributed by atoms with Gasteiger partial charge in [0.2, 0.25) is 11.8 Å². The van der Waals surface area contributed by atoms with Crippen LogP contribution >= 0.6 is 0 Å². The molecule has 7 heteroatoms. The van der Waals surface area contributed by atoms with Crippen LogP contribution in [-0.4, -0.2) is 50.7 Å². The van der Waals surface area contributed by atoms with Crippen LogP contribution in [0.2, 0.25) is 0 Å². The van der Waals surface area contributed by atoms with Crippen LogP contribution in [0.25, 0.3) is 10.9 Å². The summed E-state index contributed by atoms with van der Waals surface area (Å²) in [5.74, 6) is -0.619. The zero-order valence-corrected chi connectivity index (χ0v) is 17.8. The zero-order valence-electron chi connectivity index (χ0n) is 17.8. The standard InChI is InChI=1S/C25H24FN3O3/c1-16(30)21-14-27(22-9-5-4-8-20(21)22)15-24(31)29-13-19(26)10-23(29)25(32)28-11-17-6-2-3-7-18(17)12-28/h2-9,14,19,23H,10-13,15H2,1H3. The maximum atomic E-state index is 14.4. The summed E-state index contributed by atoms with van der Waals surface area (Å²) in [4.78, 5) is 41.6. The minimum atomic E-state index is -1.23. The summed E-state index contributed by atoms with van der Waals surface area (Å²) in [6, 6.07) is 14.4. The van der Waals surface area contributed by atoms with Crippen molar-refractivity contribution in [3.63, 3.8) is 0 Å². The Morgan fingerprint density at radius 1 is 1.00 bits per heavy atom. The van der Waals surface area contributed by atoms with Crippen molar-refractivity contribution >= 4 is 28.5 Å². The maximum Gasteiger partial charge on any atom is 0.246 e. The van der Waals surface area contributed by atoms with Gasteiger partial charge in [0.25, 0.3) is 0 Å². The van der Waals surface area contributed by atoms with Crippen LogP contribution < -0.4 is 0 Å². The van der Waals surface area contributed by atoms with E-state index in [1.54, 1.807) is 15.7 Å². The van der Waals surface area contributed by atoms with Gasteiger partial charge in [0.05, 0.1) is 6.54 Å². The third-order valence-electron chi connectivity index (χ3n) is 6.48. The Bertz CT molecular complexity index is 1210. The normalized spacial score (nSPS) is 20.1. The van der Waals surface area contributed by atoms with Crippen molar-refractivity contribution in [2.45, 2.75) is 45.2 Å². The van der Waals surface area contributed by atoms with E-state index in [9.17, 15) is 18.8 Å². The third kappa shape index (κ3) is 3.47. The number of rotatable bonds is 4. The molecule has 1 aromatic heterocycles. The van der Waals surface area contributed by atoms with Gasteiger partial charge in [0, 0.05) is 42.2 Å². The van der Waals surface area contributed by atoms with Crippen LogP contribution in [0.15, 0.2) is 54.7 Å². The lowest BCUT2D eigenvalue weighted by Gasteiger charge is -2.27. The average Bonchev–Trinajstić information content (AvgIpc) is 3.48. The molecule has 0 N–H and O–H groups in total. The predicted molar refractivity (Wildman–Crippen MR) is 118 cm³/mol. The number of ketones is 1. The number of likely N-dealkylation sites (tertiary alicyclic amines) is 1. The number of alkyl halides is 1. The van der Waals surface area contributed by atoms with E-state index in [-0.39, 0.29) is 37.1 Å². The highest BCUT2D eigenvalue weighted by Gasteiger charge is 2.42. The predicted octanol–water partition coefficient (Wildman–Crippen LogP) is 3.33. The van der Waals surface area contributed by atoms with Crippen LogP contribution in [0.5, 0.6) is 0 Å². The van der Waals surface area contributed by atoms with Crippen LogP contribution in [0.4, 0.5) is 4.39 Å². The van der Waals surface area contributed by atoms with Gasteiger partial charge in [-0.1, -0.05) is 42.5 Å². The molecule has 2 aliphatic rings. The molecule has 1 fully saturated rings. The van der Waals surface area contributed by atoms with Gasteiger partial charge in [-0.15, -0.1) is 0 Å². The Hall–Kier alpha value is -3.48. The highest BCUT2D eigenvalue weighted by atomic mass is 19.1. The number of nitrogens with zero attached hydrogens (tertiary/aromatic N) is 3. The Morgan fingerprint density at radius 2 is 1.66 bits per heavy atom.